The molecule has 0 aliphatic rings. The van der Waals surface area contributed by atoms with Crippen molar-refractivity contribution in [3.63, 3.8) is 0 Å². The molecule has 0 aromatic carbocycles. The maximum atomic E-state index is 7.04. The molecule has 0 amide bonds. The molecule has 0 aliphatic carbocycles. The second-order valence-electron chi connectivity index (χ2n) is 1.34. The Balaban J connectivity index is 2.93. The van der Waals surface area contributed by atoms with Crippen LogP contribution in [0.4, 0.5) is 0 Å². The van der Waals surface area contributed by atoms with Crippen LogP contribution in [0.25, 0.3) is 0 Å². The monoisotopic (exact) mass is 174 g/mol. The van der Waals surface area contributed by atoms with E-state index in [0.717, 1.165) is 5.56 Å². The summed E-state index contributed by atoms with van der Waals surface area (Å²) in [6, 6.07) is 1.73. The molecule has 2 nitrogen and oxygen atoms in total. The average molecular weight is 173 g/mol. The summed E-state index contributed by atoms with van der Waals surface area (Å²) in [6.07, 6.45) is 3.07. The van der Waals surface area contributed by atoms with Gasteiger partial charge in [-0.1, -0.05) is 0 Å². The third kappa shape index (κ3) is 0.997. The zero-order valence-electron chi connectivity index (χ0n) is 4.05. The van der Waals surface area contributed by atoms with E-state index in [1.807, 2.05) is 0 Å². The molecular weight excluding hydrogens is 169 g/mol. The summed E-state index contributed by atoms with van der Waals surface area (Å²) in [6.45, 7) is 0. The van der Waals surface area contributed by atoms with Crippen LogP contribution in [0.5, 0.6) is 0 Å². The summed E-state index contributed by atoms with van der Waals surface area (Å²) in [5.41, 5.74) is 0.796. The second kappa shape index (κ2) is 2.16. The Morgan fingerprint density at radius 3 is 2.75 bits per heavy atom. The van der Waals surface area contributed by atoms with E-state index >= 15 is 0 Å². The van der Waals surface area contributed by atoms with Crippen molar-refractivity contribution >= 4 is 20.6 Å². The summed E-state index contributed by atoms with van der Waals surface area (Å²) in [4.78, 5) is 0. The predicted molar refractivity (Wildman–Crippen MR) is 31.3 cm³/mol. The quantitative estimate of drug-likeness (QED) is 0.494. The number of furan rings is 1. The Morgan fingerprint density at radius 2 is 2.50 bits per heavy atom. The van der Waals surface area contributed by atoms with Crippen LogP contribution < -0.4 is 0 Å². The first-order valence-corrected chi connectivity index (χ1v) is 2.94. The molecule has 1 aromatic heterocycles. The fraction of sp³-hybridized carbons (Fsp3) is 0. The van der Waals surface area contributed by atoms with Gasteiger partial charge in [0, 0.05) is 0 Å². The molecule has 8 heavy (non-hydrogen) atoms. The van der Waals surface area contributed by atoms with Gasteiger partial charge in [-0.25, -0.2) is 0 Å². The standard InChI is InChI=1S/C5H4NOSe/c6-5(8)4-1-2-7-3-4/h1-3,6H. The number of nitrogens with one attached hydrogen (secondary N) is 1. The molecule has 0 atom stereocenters. The van der Waals surface area contributed by atoms with Crippen molar-refractivity contribution in [1.82, 2.24) is 0 Å². The molecule has 1 rings (SSSR count). The first-order valence-electron chi connectivity index (χ1n) is 2.09. The summed E-state index contributed by atoms with van der Waals surface area (Å²) >= 11 is 2.57. The van der Waals surface area contributed by atoms with E-state index in [4.69, 9.17) is 9.83 Å². The third-order valence-corrected chi connectivity index (χ3v) is 1.28. The summed E-state index contributed by atoms with van der Waals surface area (Å²) in [5, 5.41) is 7.04. The molecule has 1 aromatic rings. The van der Waals surface area contributed by atoms with Crippen LogP contribution in [0.15, 0.2) is 23.0 Å². The Kier molecular flexibility index (Phi) is 1.51. The number of hydrogen-bond donors (Lipinski definition) is 1. The van der Waals surface area contributed by atoms with Gasteiger partial charge in [-0.05, 0) is 0 Å². The maximum absolute atomic E-state index is 7.04. The molecule has 0 bridgehead atoms. The van der Waals surface area contributed by atoms with Gasteiger partial charge in [-0.15, -0.1) is 0 Å². The minimum absolute atomic E-state index is 0.416. The molecule has 41 valence electrons. The summed E-state index contributed by atoms with van der Waals surface area (Å²) in [7, 11) is 0. The van der Waals surface area contributed by atoms with Crippen molar-refractivity contribution < 1.29 is 4.42 Å². The zero-order valence-corrected chi connectivity index (χ0v) is 5.76. The van der Waals surface area contributed by atoms with Crippen molar-refractivity contribution in [3.8, 4) is 0 Å². The Labute approximate surface area is 55.2 Å². The van der Waals surface area contributed by atoms with Crippen molar-refractivity contribution in [1.29, 1.82) is 5.41 Å². The van der Waals surface area contributed by atoms with Crippen LogP contribution in [-0.4, -0.2) is 20.6 Å². The van der Waals surface area contributed by atoms with E-state index in [0.29, 0.717) is 4.61 Å². The van der Waals surface area contributed by atoms with E-state index in [1.54, 1.807) is 12.3 Å². The summed E-state index contributed by atoms with van der Waals surface area (Å²) in [5.74, 6) is 0. The Morgan fingerprint density at radius 1 is 1.75 bits per heavy atom. The Bertz CT molecular complexity index is 180. The van der Waals surface area contributed by atoms with Crippen LogP contribution in [0.3, 0.4) is 0 Å². The average Bonchev–Trinajstić information content (AvgIpc) is 2.12. The molecule has 0 aliphatic heterocycles. The fourth-order valence-electron chi connectivity index (χ4n) is 0.394. The topological polar surface area (TPSA) is 37.0 Å². The molecule has 0 saturated heterocycles. The van der Waals surface area contributed by atoms with Crippen LogP contribution in [0.2, 0.25) is 0 Å². The fourth-order valence-corrected chi connectivity index (χ4v) is 0.637. The molecule has 0 spiro atoms. The molecular formula is C5H4NOSe. The second-order valence-corrected chi connectivity index (χ2v) is 2.20. The van der Waals surface area contributed by atoms with Crippen molar-refractivity contribution in [2.24, 2.45) is 0 Å². The molecule has 1 N–H and O–H groups in total. The molecule has 0 saturated carbocycles. The SMILES string of the molecule is N=C([Se])c1ccoc1. The van der Waals surface area contributed by atoms with Crippen molar-refractivity contribution in [3.05, 3.63) is 24.2 Å². The number of hydrogen-bond acceptors (Lipinski definition) is 2. The van der Waals surface area contributed by atoms with Gasteiger partial charge < -0.3 is 0 Å². The third-order valence-electron chi connectivity index (χ3n) is 0.783. The van der Waals surface area contributed by atoms with Gasteiger partial charge in [0.05, 0.1) is 0 Å². The molecule has 1 heterocycles. The van der Waals surface area contributed by atoms with E-state index in [2.05, 4.69) is 16.0 Å². The van der Waals surface area contributed by atoms with Gasteiger partial charge in [0.2, 0.25) is 0 Å². The first-order chi connectivity index (χ1) is 3.80. The van der Waals surface area contributed by atoms with E-state index in [1.165, 1.54) is 6.26 Å². The van der Waals surface area contributed by atoms with E-state index in [9.17, 15) is 0 Å². The van der Waals surface area contributed by atoms with E-state index < -0.39 is 0 Å². The van der Waals surface area contributed by atoms with Crippen LogP contribution in [0, 0.1) is 5.41 Å². The van der Waals surface area contributed by atoms with Crippen LogP contribution >= 0.6 is 0 Å². The van der Waals surface area contributed by atoms with Gasteiger partial charge in [0.1, 0.15) is 0 Å². The molecule has 0 fully saturated rings. The van der Waals surface area contributed by atoms with Gasteiger partial charge in [-0.3, -0.25) is 0 Å². The number of rotatable bonds is 1. The molecule has 1 radical (unpaired) electrons. The Hall–Kier alpha value is -0.531. The minimum atomic E-state index is 0.416. The van der Waals surface area contributed by atoms with Gasteiger partial charge in [0.15, 0.2) is 0 Å². The van der Waals surface area contributed by atoms with Gasteiger partial charge in [0.25, 0.3) is 0 Å². The van der Waals surface area contributed by atoms with Crippen molar-refractivity contribution in [2.75, 3.05) is 0 Å². The van der Waals surface area contributed by atoms with Gasteiger partial charge >= 0.3 is 54.6 Å². The van der Waals surface area contributed by atoms with Crippen molar-refractivity contribution in [2.45, 2.75) is 0 Å². The molecule has 0 unspecified atom stereocenters. The normalized spacial score (nSPS) is 9.00. The predicted octanol–water partition coefficient (Wildman–Crippen LogP) is 0.773. The van der Waals surface area contributed by atoms with Crippen LogP contribution in [0.1, 0.15) is 5.56 Å². The van der Waals surface area contributed by atoms with E-state index in [-0.39, 0.29) is 0 Å². The van der Waals surface area contributed by atoms with Gasteiger partial charge in [-0.2, -0.15) is 0 Å². The first kappa shape index (κ1) is 5.60. The zero-order chi connectivity index (χ0) is 5.98. The molecule has 3 heteroatoms. The van der Waals surface area contributed by atoms with Crippen LogP contribution in [-0.2, 0) is 0 Å². The summed E-state index contributed by atoms with van der Waals surface area (Å²) < 4.78 is 5.13.